The third-order valence-electron chi connectivity index (χ3n) is 6.18. The van der Waals surface area contributed by atoms with E-state index in [1.54, 1.807) is 0 Å². The molecule has 0 aromatic carbocycles. The second kappa shape index (κ2) is 8.53. The van der Waals surface area contributed by atoms with Crippen LogP contribution < -0.4 is 5.32 Å². The first kappa shape index (κ1) is 17.3. The molecule has 2 saturated carbocycles. The lowest BCUT2D eigenvalue weighted by atomic mass is 9.68. The average molecular weight is 296 g/mol. The molecule has 0 bridgehead atoms. The summed E-state index contributed by atoms with van der Waals surface area (Å²) in [5, 5.41) is 3.73. The minimum Gasteiger partial charge on any atom is -0.374 e. The summed E-state index contributed by atoms with van der Waals surface area (Å²) in [7, 11) is 2.18. The molecule has 0 aliphatic heterocycles. The van der Waals surface area contributed by atoms with Crippen LogP contribution in [0.3, 0.4) is 0 Å². The van der Waals surface area contributed by atoms with Crippen LogP contribution in [0.4, 0.5) is 0 Å². The molecule has 2 rings (SSSR count). The van der Waals surface area contributed by atoms with Crippen molar-refractivity contribution >= 4 is 0 Å². The minimum atomic E-state index is 0.107. The Morgan fingerprint density at radius 1 is 1.00 bits per heavy atom. The molecule has 21 heavy (non-hydrogen) atoms. The Labute approximate surface area is 132 Å². The van der Waals surface area contributed by atoms with Crippen molar-refractivity contribution in [1.29, 1.82) is 0 Å². The lowest BCUT2D eigenvalue weighted by molar-refractivity contribution is -0.0983. The molecule has 0 amide bonds. The zero-order valence-corrected chi connectivity index (χ0v) is 14.6. The molecule has 0 spiro atoms. The molecule has 2 nitrogen and oxygen atoms in total. The summed E-state index contributed by atoms with van der Waals surface area (Å²) in [6.07, 6.45) is 15.0. The van der Waals surface area contributed by atoms with Crippen molar-refractivity contribution in [2.45, 2.75) is 96.1 Å². The van der Waals surface area contributed by atoms with Gasteiger partial charge < -0.3 is 10.1 Å². The molecule has 2 fully saturated rings. The van der Waals surface area contributed by atoms with Gasteiger partial charge in [0, 0.05) is 12.6 Å². The topological polar surface area (TPSA) is 21.3 Å². The molecule has 3 unspecified atom stereocenters. The van der Waals surface area contributed by atoms with E-state index < -0.39 is 0 Å². The van der Waals surface area contributed by atoms with Crippen LogP contribution in [0, 0.1) is 11.8 Å². The number of nitrogens with one attached hydrogen (secondary N) is 1. The van der Waals surface area contributed by atoms with Crippen LogP contribution in [0.25, 0.3) is 0 Å². The molecule has 2 aliphatic rings. The average Bonchev–Trinajstić information content (AvgIpc) is 2.75. The van der Waals surface area contributed by atoms with E-state index in [0.717, 1.165) is 18.4 Å². The summed E-state index contributed by atoms with van der Waals surface area (Å²) in [6, 6.07) is 0.556. The van der Waals surface area contributed by atoms with Crippen LogP contribution in [-0.2, 0) is 4.74 Å². The molecule has 3 atom stereocenters. The van der Waals surface area contributed by atoms with Crippen molar-refractivity contribution in [1.82, 2.24) is 5.32 Å². The molecule has 2 aliphatic carbocycles. The first-order valence-electron chi connectivity index (χ1n) is 9.58. The smallest absolute Gasteiger partial charge is 0.0837 e. The van der Waals surface area contributed by atoms with Gasteiger partial charge in [-0.2, -0.15) is 0 Å². The normalized spacial score (nSPS) is 31.6. The van der Waals surface area contributed by atoms with Gasteiger partial charge in [0.15, 0.2) is 0 Å². The van der Waals surface area contributed by atoms with Gasteiger partial charge in [-0.3, -0.25) is 0 Å². The van der Waals surface area contributed by atoms with Crippen LogP contribution in [0.15, 0.2) is 0 Å². The first-order valence-corrected chi connectivity index (χ1v) is 9.58. The molecular weight excluding hydrogens is 258 g/mol. The molecule has 0 radical (unpaired) electrons. The zero-order chi connectivity index (χ0) is 15.1. The maximum absolute atomic E-state index is 6.49. The third-order valence-corrected chi connectivity index (χ3v) is 6.18. The number of ether oxygens (including phenoxy) is 1. The van der Waals surface area contributed by atoms with Gasteiger partial charge in [-0.15, -0.1) is 0 Å². The molecular formula is C19H37NO. The maximum Gasteiger partial charge on any atom is 0.0837 e. The highest BCUT2D eigenvalue weighted by atomic mass is 16.5. The predicted octanol–water partition coefficient (Wildman–Crippen LogP) is 4.92. The SMILES string of the molecule is CCOC1(C(NC)C2CCCCC2CC)CCCCCC1. The van der Waals surface area contributed by atoms with Crippen molar-refractivity contribution in [2.75, 3.05) is 13.7 Å². The zero-order valence-electron chi connectivity index (χ0n) is 14.6. The Hall–Kier alpha value is -0.0800. The Bertz CT molecular complexity index is 283. The highest BCUT2D eigenvalue weighted by molar-refractivity contribution is 5.00. The van der Waals surface area contributed by atoms with E-state index in [4.69, 9.17) is 4.74 Å². The summed E-state index contributed by atoms with van der Waals surface area (Å²) in [5.41, 5.74) is 0.107. The predicted molar refractivity (Wildman–Crippen MR) is 90.6 cm³/mol. The first-order chi connectivity index (χ1) is 10.3. The number of hydrogen-bond acceptors (Lipinski definition) is 2. The van der Waals surface area contributed by atoms with Crippen LogP contribution in [-0.4, -0.2) is 25.3 Å². The monoisotopic (exact) mass is 295 g/mol. The van der Waals surface area contributed by atoms with E-state index in [1.807, 2.05) is 0 Å². The van der Waals surface area contributed by atoms with E-state index in [1.165, 1.54) is 70.6 Å². The summed E-state index contributed by atoms with van der Waals surface area (Å²) >= 11 is 0. The third kappa shape index (κ3) is 4.01. The van der Waals surface area contributed by atoms with E-state index in [9.17, 15) is 0 Å². The van der Waals surface area contributed by atoms with Crippen molar-refractivity contribution in [3.63, 3.8) is 0 Å². The van der Waals surface area contributed by atoms with E-state index in [0.29, 0.717) is 6.04 Å². The molecule has 0 aromatic heterocycles. The minimum absolute atomic E-state index is 0.107. The van der Waals surface area contributed by atoms with Gasteiger partial charge in [-0.25, -0.2) is 0 Å². The van der Waals surface area contributed by atoms with Crippen molar-refractivity contribution < 1.29 is 4.74 Å². The van der Waals surface area contributed by atoms with Crippen molar-refractivity contribution in [3.05, 3.63) is 0 Å². The maximum atomic E-state index is 6.49. The Balaban J connectivity index is 2.20. The summed E-state index contributed by atoms with van der Waals surface area (Å²) in [6.45, 7) is 5.43. The van der Waals surface area contributed by atoms with Crippen LogP contribution in [0.2, 0.25) is 0 Å². The van der Waals surface area contributed by atoms with Crippen LogP contribution in [0.1, 0.15) is 84.5 Å². The van der Waals surface area contributed by atoms with Gasteiger partial charge in [-0.1, -0.05) is 58.3 Å². The fraction of sp³-hybridized carbons (Fsp3) is 1.00. The highest BCUT2D eigenvalue weighted by Gasteiger charge is 2.45. The molecule has 1 N–H and O–H groups in total. The van der Waals surface area contributed by atoms with Crippen LogP contribution >= 0.6 is 0 Å². The van der Waals surface area contributed by atoms with E-state index >= 15 is 0 Å². The van der Waals surface area contributed by atoms with E-state index in [-0.39, 0.29) is 5.60 Å². The van der Waals surface area contributed by atoms with Gasteiger partial charge in [0.05, 0.1) is 5.60 Å². The van der Waals surface area contributed by atoms with E-state index in [2.05, 4.69) is 26.2 Å². The lowest BCUT2D eigenvalue weighted by Gasteiger charge is -2.47. The standard InChI is InChI=1S/C19H37NO/c1-4-16-12-8-9-13-17(16)18(20-3)19(21-5-2)14-10-6-7-11-15-19/h16-18,20H,4-15H2,1-3H3. The summed E-state index contributed by atoms with van der Waals surface area (Å²) in [5.74, 6) is 1.72. The van der Waals surface area contributed by atoms with Gasteiger partial charge in [0.1, 0.15) is 0 Å². The van der Waals surface area contributed by atoms with Gasteiger partial charge in [-0.05, 0) is 45.1 Å². The molecule has 0 saturated heterocycles. The lowest BCUT2D eigenvalue weighted by Crippen LogP contribution is -2.57. The fourth-order valence-corrected chi connectivity index (χ4v) is 5.21. The number of hydrogen-bond donors (Lipinski definition) is 1. The second-order valence-corrected chi connectivity index (χ2v) is 7.29. The molecule has 2 heteroatoms. The van der Waals surface area contributed by atoms with Gasteiger partial charge >= 0.3 is 0 Å². The Kier molecular flexibility index (Phi) is 7.01. The molecule has 0 heterocycles. The van der Waals surface area contributed by atoms with Crippen LogP contribution in [0.5, 0.6) is 0 Å². The van der Waals surface area contributed by atoms with Crippen molar-refractivity contribution in [3.8, 4) is 0 Å². The highest BCUT2D eigenvalue weighted by Crippen LogP contribution is 2.43. The molecule has 0 aromatic rings. The molecule has 124 valence electrons. The van der Waals surface area contributed by atoms with Crippen molar-refractivity contribution in [2.24, 2.45) is 11.8 Å². The fourth-order valence-electron chi connectivity index (χ4n) is 5.21. The number of rotatable bonds is 6. The largest absolute Gasteiger partial charge is 0.374 e. The Morgan fingerprint density at radius 2 is 1.67 bits per heavy atom. The Morgan fingerprint density at radius 3 is 2.24 bits per heavy atom. The van der Waals surface area contributed by atoms with Gasteiger partial charge in [0.2, 0.25) is 0 Å². The number of likely N-dealkylation sites (N-methyl/N-ethyl adjacent to an activating group) is 1. The van der Waals surface area contributed by atoms with Gasteiger partial charge in [0.25, 0.3) is 0 Å². The summed E-state index contributed by atoms with van der Waals surface area (Å²) < 4.78 is 6.49. The second-order valence-electron chi connectivity index (χ2n) is 7.29. The summed E-state index contributed by atoms with van der Waals surface area (Å²) in [4.78, 5) is 0. The quantitative estimate of drug-likeness (QED) is 0.702.